The average Bonchev–Trinajstić information content (AvgIpc) is 3.42. The third-order valence-electron chi connectivity index (χ3n) is 15.0. The number of carbonyl (C=O) groups excluding carboxylic acids is 2. The second-order valence-corrected chi connectivity index (χ2v) is 25.6. The molecule has 2 unspecified atom stereocenters. The van der Waals surface area contributed by atoms with Crippen molar-refractivity contribution in [1.29, 1.82) is 0 Å². The van der Waals surface area contributed by atoms with E-state index in [-0.39, 0.29) is 32.0 Å². The van der Waals surface area contributed by atoms with Crippen LogP contribution in [0.15, 0.2) is 60.8 Å². The van der Waals surface area contributed by atoms with Gasteiger partial charge in [-0.1, -0.05) is 293 Å². The molecule has 0 aliphatic rings. The Bertz CT molecular complexity index is 1530. The lowest BCUT2D eigenvalue weighted by molar-refractivity contribution is -0.870. The van der Waals surface area contributed by atoms with E-state index in [2.05, 4.69) is 74.6 Å². The molecule has 1 N–H and O–H groups in total. The number of phosphoric acid groups is 1. The molecule has 10 heteroatoms. The second kappa shape index (κ2) is 61.3. The van der Waals surface area contributed by atoms with Crippen molar-refractivity contribution in [1.82, 2.24) is 0 Å². The topological polar surface area (TPSA) is 108 Å². The van der Waals surface area contributed by atoms with Crippen molar-refractivity contribution in [2.24, 2.45) is 0 Å². The minimum atomic E-state index is -4.39. The van der Waals surface area contributed by atoms with Gasteiger partial charge in [0.1, 0.15) is 19.8 Å². The van der Waals surface area contributed by atoms with E-state index < -0.39 is 26.5 Å². The lowest BCUT2D eigenvalue weighted by atomic mass is 10.0. The molecule has 0 spiro atoms. The maximum atomic E-state index is 12.8. The Balaban J connectivity index is 3.84. The summed E-state index contributed by atoms with van der Waals surface area (Å²) in [7, 11) is 1.47. The van der Waals surface area contributed by atoms with E-state index in [4.69, 9.17) is 18.5 Å². The molecule has 0 aliphatic heterocycles. The number of nitrogens with zero attached hydrogens (tertiary/aromatic N) is 1. The summed E-state index contributed by atoms with van der Waals surface area (Å²) in [6, 6.07) is 0. The van der Waals surface area contributed by atoms with Crippen LogP contribution in [0.2, 0.25) is 0 Å². The predicted molar refractivity (Wildman–Crippen MR) is 344 cm³/mol. The van der Waals surface area contributed by atoms with E-state index in [1.54, 1.807) is 0 Å². The molecule has 9 nitrogen and oxygen atoms in total. The Labute approximate surface area is 496 Å². The first-order chi connectivity index (χ1) is 39.0. The van der Waals surface area contributed by atoms with E-state index in [1.807, 2.05) is 21.1 Å². The van der Waals surface area contributed by atoms with Gasteiger partial charge >= 0.3 is 19.8 Å². The van der Waals surface area contributed by atoms with Crippen molar-refractivity contribution in [3.63, 3.8) is 0 Å². The first-order valence-electron chi connectivity index (χ1n) is 34.0. The first-order valence-corrected chi connectivity index (χ1v) is 35.5. The molecule has 0 aromatic heterocycles. The molecule has 0 bridgehead atoms. The number of rotatable bonds is 63. The summed E-state index contributed by atoms with van der Waals surface area (Å²) >= 11 is 0. The van der Waals surface area contributed by atoms with Gasteiger partial charge in [-0.25, -0.2) is 4.57 Å². The second-order valence-electron chi connectivity index (χ2n) is 24.2. The summed E-state index contributed by atoms with van der Waals surface area (Å²) in [6.45, 7) is 4.32. The van der Waals surface area contributed by atoms with Gasteiger partial charge in [0.25, 0.3) is 0 Å². The normalized spacial score (nSPS) is 13.5. The zero-order chi connectivity index (χ0) is 58.4. The molecule has 2 atom stereocenters. The molecule has 468 valence electrons. The van der Waals surface area contributed by atoms with Crippen molar-refractivity contribution < 1.29 is 42.1 Å². The Morgan fingerprint density at radius 2 is 0.713 bits per heavy atom. The highest BCUT2D eigenvalue weighted by Gasteiger charge is 2.27. The summed E-state index contributed by atoms with van der Waals surface area (Å²) in [5.74, 6) is -0.807. The van der Waals surface area contributed by atoms with E-state index in [1.165, 1.54) is 212 Å². The van der Waals surface area contributed by atoms with E-state index >= 15 is 0 Å². The Morgan fingerprint density at radius 3 is 1.06 bits per heavy atom. The first kappa shape index (κ1) is 77.7. The number of ether oxygens (including phenoxy) is 2. The highest BCUT2D eigenvalue weighted by molar-refractivity contribution is 7.47. The molecule has 0 aliphatic carbocycles. The number of phosphoric ester groups is 1. The van der Waals surface area contributed by atoms with Gasteiger partial charge in [0, 0.05) is 12.8 Å². The number of esters is 2. The van der Waals surface area contributed by atoms with E-state index in [0.717, 1.165) is 77.0 Å². The number of hydrogen-bond donors (Lipinski definition) is 1. The van der Waals surface area contributed by atoms with Crippen LogP contribution in [0.3, 0.4) is 0 Å². The fourth-order valence-corrected chi connectivity index (χ4v) is 10.6. The van der Waals surface area contributed by atoms with Crippen LogP contribution in [0.4, 0.5) is 0 Å². The smallest absolute Gasteiger partial charge is 0.462 e. The van der Waals surface area contributed by atoms with Crippen LogP contribution in [-0.2, 0) is 32.7 Å². The zero-order valence-electron chi connectivity index (χ0n) is 53.3. The Hall–Kier alpha value is -2.29. The predicted octanol–water partition coefficient (Wildman–Crippen LogP) is 21.8. The van der Waals surface area contributed by atoms with Gasteiger partial charge in [-0.3, -0.25) is 18.6 Å². The number of quaternary nitrogens is 1. The number of carbonyl (C=O) groups is 2. The van der Waals surface area contributed by atoms with Gasteiger partial charge < -0.3 is 18.9 Å². The highest BCUT2D eigenvalue weighted by Crippen LogP contribution is 2.43. The molecule has 0 saturated carbocycles. The van der Waals surface area contributed by atoms with Crippen LogP contribution in [0.25, 0.3) is 0 Å². The molecular weight excluding hydrogens is 1010 g/mol. The summed E-state index contributed by atoms with van der Waals surface area (Å²) < 4.78 is 34.6. The van der Waals surface area contributed by atoms with Gasteiger partial charge in [-0.05, 0) is 77.0 Å². The summed E-state index contributed by atoms with van der Waals surface area (Å²) in [5.41, 5.74) is 0. The fourth-order valence-electron chi connectivity index (χ4n) is 9.83. The van der Waals surface area contributed by atoms with E-state index in [0.29, 0.717) is 17.4 Å². The Morgan fingerprint density at radius 1 is 0.400 bits per heavy atom. The number of unbranched alkanes of at least 4 members (excludes halogenated alkanes) is 39. The van der Waals surface area contributed by atoms with Crippen LogP contribution in [0.1, 0.15) is 322 Å². The van der Waals surface area contributed by atoms with Crippen molar-refractivity contribution in [3.8, 4) is 0 Å². The van der Waals surface area contributed by atoms with Crippen LogP contribution >= 0.6 is 7.82 Å². The van der Waals surface area contributed by atoms with Crippen molar-refractivity contribution in [2.75, 3.05) is 47.5 Å². The SMILES string of the molecule is CC/C=C\C/C=C\C/C=C\CCCCCCCC(=O)OC(COC(=O)CCCCCCCCCCCCCCCCCCCCCCCCCCCCCCC/C=C\C/C=C\CCCCCCC)COP(=O)(O)OCC[N+](C)(C)C. The van der Waals surface area contributed by atoms with Crippen LogP contribution in [-0.4, -0.2) is 74.9 Å². The summed E-state index contributed by atoms with van der Waals surface area (Å²) in [5, 5.41) is 0. The van der Waals surface area contributed by atoms with Crippen molar-refractivity contribution >= 4 is 19.8 Å². The number of likely N-dealkylation sites (N-methyl/N-ethyl adjacent to an activating group) is 1. The molecule has 0 heterocycles. The quantitative estimate of drug-likeness (QED) is 0.0211. The van der Waals surface area contributed by atoms with Crippen molar-refractivity contribution in [3.05, 3.63) is 60.8 Å². The van der Waals surface area contributed by atoms with Crippen molar-refractivity contribution in [2.45, 2.75) is 328 Å². The van der Waals surface area contributed by atoms with Gasteiger partial charge in [-0.15, -0.1) is 0 Å². The van der Waals surface area contributed by atoms with Crippen LogP contribution < -0.4 is 0 Å². The average molecular weight is 1150 g/mol. The lowest BCUT2D eigenvalue weighted by Crippen LogP contribution is -2.37. The van der Waals surface area contributed by atoms with Gasteiger partial charge in [0.15, 0.2) is 6.10 Å². The van der Waals surface area contributed by atoms with Crippen LogP contribution in [0, 0.1) is 0 Å². The van der Waals surface area contributed by atoms with E-state index in [9.17, 15) is 19.0 Å². The van der Waals surface area contributed by atoms with Gasteiger partial charge in [0.05, 0.1) is 27.7 Å². The molecule has 0 rings (SSSR count). The molecule has 0 fully saturated rings. The summed E-state index contributed by atoms with van der Waals surface area (Å²) in [4.78, 5) is 35.7. The maximum Gasteiger partial charge on any atom is 0.472 e. The molecule has 0 saturated heterocycles. The number of allylic oxidation sites excluding steroid dienone is 10. The Kier molecular flexibility index (Phi) is 59.5. The monoisotopic (exact) mass is 1140 g/mol. The highest BCUT2D eigenvalue weighted by atomic mass is 31.2. The molecular formula is C70H131NO8P+. The minimum Gasteiger partial charge on any atom is -0.462 e. The third-order valence-corrected chi connectivity index (χ3v) is 16.0. The molecule has 0 amide bonds. The lowest BCUT2D eigenvalue weighted by Gasteiger charge is -2.24. The fraction of sp³-hybridized carbons (Fsp3) is 0.829. The largest absolute Gasteiger partial charge is 0.472 e. The maximum absolute atomic E-state index is 12.8. The minimum absolute atomic E-state index is 0.0280. The zero-order valence-corrected chi connectivity index (χ0v) is 54.2. The summed E-state index contributed by atoms with van der Waals surface area (Å²) in [6.07, 6.45) is 80.7. The number of hydrogen-bond acceptors (Lipinski definition) is 7. The van der Waals surface area contributed by atoms with Gasteiger partial charge in [0.2, 0.25) is 0 Å². The molecule has 0 radical (unpaired) electrons. The third kappa shape index (κ3) is 64.9. The van der Waals surface area contributed by atoms with Gasteiger partial charge in [-0.2, -0.15) is 0 Å². The molecule has 80 heavy (non-hydrogen) atoms. The molecule has 0 aromatic rings. The molecule has 0 aromatic carbocycles. The van der Waals surface area contributed by atoms with Crippen LogP contribution in [0.5, 0.6) is 0 Å². The standard InChI is InChI=1S/C70H130NO8P/c1-6-8-10-12-14-16-18-20-22-23-24-25-26-27-28-29-30-31-32-33-34-35-36-37-38-39-40-41-42-43-44-45-46-47-49-50-52-54-56-58-60-62-69(72)76-66-68(67-78-80(74,75)77-65-64-71(3,4)5)79-70(73)63-61-59-57-55-53-51-48-21-19-17-15-13-11-9-7-2/h9,11,15,17-18,20-21,23-24,48,68H,6-8,10,12-14,16,19,22,25-47,49-67H2,1-5H3/p+1/b11-9-,17-15-,20-18-,24-23-,48-21-.